The number of urea groups is 1. The SMILES string of the molecule is Cc1cccc(C=NNc2cc(N3CCOCC3)cc(OCCNC(=O)Nc3cccnc3)n2)c1. The molecule has 0 bridgehead atoms. The average Bonchev–Trinajstić information content (AvgIpc) is 2.88. The molecule has 3 N–H and O–H groups in total. The first-order chi connectivity index (χ1) is 17.2. The predicted octanol–water partition coefficient (Wildman–Crippen LogP) is 3.27. The highest BCUT2D eigenvalue weighted by Crippen LogP contribution is 2.24. The van der Waals surface area contributed by atoms with E-state index in [2.05, 4.69) is 42.1 Å². The van der Waals surface area contributed by atoms with Gasteiger partial charge in [-0.25, -0.2) is 4.79 Å². The van der Waals surface area contributed by atoms with E-state index >= 15 is 0 Å². The second kappa shape index (κ2) is 12.3. The number of aromatic nitrogens is 2. The van der Waals surface area contributed by atoms with Gasteiger partial charge in [-0.05, 0) is 24.6 Å². The number of carbonyl (C=O) groups is 1. The third-order valence-corrected chi connectivity index (χ3v) is 5.15. The maximum Gasteiger partial charge on any atom is 0.319 e. The van der Waals surface area contributed by atoms with Gasteiger partial charge in [0.1, 0.15) is 6.61 Å². The molecule has 0 saturated carbocycles. The molecular formula is C25H29N7O3. The summed E-state index contributed by atoms with van der Waals surface area (Å²) in [6.07, 6.45) is 4.97. The summed E-state index contributed by atoms with van der Waals surface area (Å²) in [7, 11) is 0. The Morgan fingerprint density at radius 3 is 2.89 bits per heavy atom. The molecule has 10 nitrogen and oxygen atoms in total. The van der Waals surface area contributed by atoms with Gasteiger partial charge in [0, 0.05) is 37.1 Å². The van der Waals surface area contributed by atoms with E-state index in [0.29, 0.717) is 37.1 Å². The number of rotatable bonds is 9. The zero-order valence-electron chi connectivity index (χ0n) is 19.6. The summed E-state index contributed by atoms with van der Waals surface area (Å²) in [6.45, 7) is 5.51. The quantitative estimate of drug-likeness (QED) is 0.247. The van der Waals surface area contributed by atoms with E-state index < -0.39 is 0 Å². The molecule has 1 saturated heterocycles. The number of carbonyl (C=O) groups excluding carboxylic acids is 1. The van der Waals surface area contributed by atoms with Crippen LogP contribution in [0, 0.1) is 6.92 Å². The van der Waals surface area contributed by atoms with Gasteiger partial charge in [-0.2, -0.15) is 10.1 Å². The molecule has 0 spiro atoms. The Labute approximate surface area is 204 Å². The first kappa shape index (κ1) is 24.0. The largest absolute Gasteiger partial charge is 0.476 e. The second-order valence-corrected chi connectivity index (χ2v) is 7.90. The summed E-state index contributed by atoms with van der Waals surface area (Å²) >= 11 is 0. The first-order valence-electron chi connectivity index (χ1n) is 11.4. The number of nitrogens with one attached hydrogen (secondary N) is 3. The Hall–Kier alpha value is -4.18. The van der Waals surface area contributed by atoms with Gasteiger partial charge in [0.2, 0.25) is 5.88 Å². The molecule has 1 aliphatic heterocycles. The molecule has 0 aliphatic carbocycles. The first-order valence-corrected chi connectivity index (χ1v) is 11.4. The number of ether oxygens (including phenoxy) is 2. The third-order valence-electron chi connectivity index (χ3n) is 5.15. The summed E-state index contributed by atoms with van der Waals surface area (Å²) < 4.78 is 11.3. The molecule has 4 rings (SSSR count). The number of hydrogen-bond donors (Lipinski definition) is 3. The van der Waals surface area contributed by atoms with Crippen LogP contribution in [0.15, 0.2) is 66.0 Å². The van der Waals surface area contributed by atoms with Gasteiger partial charge in [-0.3, -0.25) is 10.4 Å². The number of hydrazone groups is 1. The molecular weight excluding hydrogens is 446 g/mol. The Kier molecular flexibility index (Phi) is 8.44. The fourth-order valence-electron chi connectivity index (χ4n) is 3.48. The van der Waals surface area contributed by atoms with Crippen LogP contribution < -0.4 is 25.7 Å². The normalized spacial score (nSPS) is 13.5. The van der Waals surface area contributed by atoms with E-state index in [4.69, 9.17) is 9.47 Å². The van der Waals surface area contributed by atoms with Crippen LogP contribution in [0.1, 0.15) is 11.1 Å². The maximum absolute atomic E-state index is 12.0. The van der Waals surface area contributed by atoms with Crippen LogP contribution in [0.4, 0.5) is 22.0 Å². The van der Waals surface area contributed by atoms with Crippen molar-refractivity contribution in [3.05, 3.63) is 72.1 Å². The number of anilines is 3. The lowest BCUT2D eigenvalue weighted by Crippen LogP contribution is -2.36. The van der Waals surface area contributed by atoms with E-state index in [9.17, 15) is 4.79 Å². The van der Waals surface area contributed by atoms with Crippen LogP contribution >= 0.6 is 0 Å². The summed E-state index contributed by atoms with van der Waals surface area (Å²) in [6, 6.07) is 15.1. The number of pyridine rings is 2. The van der Waals surface area contributed by atoms with E-state index in [1.54, 1.807) is 30.7 Å². The minimum absolute atomic E-state index is 0.256. The molecule has 0 atom stereocenters. The van der Waals surface area contributed by atoms with Crippen molar-refractivity contribution in [3.63, 3.8) is 0 Å². The molecule has 10 heteroatoms. The maximum atomic E-state index is 12.0. The molecule has 2 aromatic heterocycles. The van der Waals surface area contributed by atoms with Gasteiger partial charge in [-0.15, -0.1) is 0 Å². The lowest BCUT2D eigenvalue weighted by atomic mass is 10.2. The van der Waals surface area contributed by atoms with E-state index in [-0.39, 0.29) is 12.6 Å². The van der Waals surface area contributed by atoms with Crippen LogP contribution in [0.25, 0.3) is 0 Å². The van der Waals surface area contributed by atoms with Crippen LogP contribution in [0.5, 0.6) is 5.88 Å². The summed E-state index contributed by atoms with van der Waals surface area (Å²) in [5, 5.41) is 9.80. The minimum Gasteiger partial charge on any atom is -0.476 e. The zero-order chi connectivity index (χ0) is 24.3. The molecule has 0 unspecified atom stereocenters. The van der Waals surface area contributed by atoms with Crippen LogP contribution in [-0.4, -0.2) is 61.7 Å². The fraction of sp³-hybridized carbons (Fsp3) is 0.280. The molecule has 1 fully saturated rings. The highest BCUT2D eigenvalue weighted by atomic mass is 16.5. The number of nitrogens with zero attached hydrogens (tertiary/aromatic N) is 4. The molecule has 2 amide bonds. The van der Waals surface area contributed by atoms with Crippen molar-refractivity contribution in [1.82, 2.24) is 15.3 Å². The van der Waals surface area contributed by atoms with Gasteiger partial charge in [0.05, 0.1) is 37.9 Å². The summed E-state index contributed by atoms with van der Waals surface area (Å²) in [5.74, 6) is 1.01. The zero-order valence-corrected chi connectivity index (χ0v) is 19.6. The summed E-state index contributed by atoms with van der Waals surface area (Å²) in [5.41, 5.74) is 6.75. The van der Waals surface area contributed by atoms with Crippen molar-refractivity contribution in [2.45, 2.75) is 6.92 Å². The molecule has 1 aromatic carbocycles. The standard InChI is InChI=1S/C25H29N7O3/c1-19-4-2-5-20(14-19)17-28-31-23-15-22(32-9-12-34-13-10-32)16-24(30-23)35-11-8-27-25(33)29-21-6-3-7-26-18-21/h2-7,14-18H,8-13H2,1H3,(H,30,31)(H2,27,29,33). The Morgan fingerprint density at radius 1 is 1.20 bits per heavy atom. The van der Waals surface area contributed by atoms with Gasteiger partial charge in [0.15, 0.2) is 5.82 Å². The molecule has 182 valence electrons. The number of hydrogen-bond acceptors (Lipinski definition) is 8. The number of aryl methyl sites for hydroxylation is 1. The predicted molar refractivity (Wildman–Crippen MR) is 136 cm³/mol. The van der Waals surface area contributed by atoms with Crippen molar-refractivity contribution >= 4 is 29.4 Å². The van der Waals surface area contributed by atoms with Crippen molar-refractivity contribution in [3.8, 4) is 5.88 Å². The van der Waals surface area contributed by atoms with Crippen molar-refractivity contribution in [2.75, 3.05) is 55.1 Å². The van der Waals surface area contributed by atoms with Gasteiger partial charge >= 0.3 is 6.03 Å². The minimum atomic E-state index is -0.329. The Bertz CT molecular complexity index is 1130. The number of amides is 2. The molecule has 3 heterocycles. The second-order valence-electron chi connectivity index (χ2n) is 7.90. The van der Waals surface area contributed by atoms with E-state index in [0.717, 1.165) is 24.3 Å². The van der Waals surface area contributed by atoms with E-state index in [1.165, 1.54) is 5.56 Å². The lowest BCUT2D eigenvalue weighted by molar-refractivity contribution is 0.122. The third kappa shape index (κ3) is 7.68. The highest BCUT2D eigenvalue weighted by molar-refractivity contribution is 5.88. The van der Waals surface area contributed by atoms with Crippen LogP contribution in [-0.2, 0) is 4.74 Å². The Morgan fingerprint density at radius 2 is 2.09 bits per heavy atom. The van der Waals surface area contributed by atoms with Crippen LogP contribution in [0.3, 0.4) is 0 Å². The molecule has 0 radical (unpaired) electrons. The topological polar surface area (TPSA) is 113 Å². The number of morpholine rings is 1. The molecule has 3 aromatic rings. The average molecular weight is 476 g/mol. The van der Waals surface area contributed by atoms with Gasteiger partial charge in [-0.1, -0.05) is 29.8 Å². The molecule has 1 aliphatic rings. The summed E-state index contributed by atoms with van der Waals surface area (Å²) in [4.78, 5) is 22.7. The van der Waals surface area contributed by atoms with Crippen molar-refractivity contribution < 1.29 is 14.3 Å². The molecule has 35 heavy (non-hydrogen) atoms. The van der Waals surface area contributed by atoms with Crippen LogP contribution in [0.2, 0.25) is 0 Å². The van der Waals surface area contributed by atoms with Gasteiger partial charge in [0.25, 0.3) is 0 Å². The van der Waals surface area contributed by atoms with Gasteiger partial charge < -0.3 is 25.0 Å². The fourth-order valence-corrected chi connectivity index (χ4v) is 3.48. The van der Waals surface area contributed by atoms with Crippen molar-refractivity contribution in [2.24, 2.45) is 5.10 Å². The lowest BCUT2D eigenvalue weighted by Gasteiger charge is -2.29. The van der Waals surface area contributed by atoms with E-state index in [1.807, 2.05) is 37.3 Å². The number of benzene rings is 1. The smallest absolute Gasteiger partial charge is 0.319 e. The van der Waals surface area contributed by atoms with Crippen molar-refractivity contribution in [1.29, 1.82) is 0 Å². The Balaban J connectivity index is 1.36. The highest BCUT2D eigenvalue weighted by Gasteiger charge is 2.14. The monoisotopic (exact) mass is 475 g/mol.